The van der Waals surface area contributed by atoms with Crippen LogP contribution in [0.5, 0.6) is 0 Å². The molecular formula is C2H3BN3. The highest BCUT2D eigenvalue weighted by Gasteiger charge is 1.70. The summed E-state index contributed by atoms with van der Waals surface area (Å²) in [5, 5.41) is 5.98. The molecule has 0 spiro atoms. The highest BCUT2D eigenvalue weighted by Crippen LogP contribution is 1.52. The minimum atomic E-state index is 1.26. The Hall–Kier alpha value is -0.795. The van der Waals surface area contributed by atoms with Crippen LogP contribution in [0.1, 0.15) is 0 Å². The third-order valence-electron chi connectivity index (χ3n) is 0.475. The second-order valence-corrected chi connectivity index (χ2v) is 0.935. The molecule has 0 aromatic carbocycles. The molecule has 0 unspecified atom stereocenters. The van der Waals surface area contributed by atoms with Gasteiger partial charge in [0, 0.05) is 5.10 Å². The van der Waals surface area contributed by atoms with Gasteiger partial charge in [0.15, 0.2) is 0 Å². The second kappa shape index (κ2) is 1.12. The lowest BCUT2D eigenvalue weighted by molar-refractivity contribution is -0.590. The molecule has 0 atom stereocenters. The zero-order chi connectivity index (χ0) is 4.41. The predicted molar refractivity (Wildman–Crippen MR) is 19.9 cm³/mol. The van der Waals surface area contributed by atoms with Crippen molar-refractivity contribution in [3.05, 3.63) is 12.4 Å². The summed E-state index contributed by atoms with van der Waals surface area (Å²) in [6.45, 7) is 0. The lowest BCUT2D eigenvalue weighted by Crippen LogP contribution is -2.31. The van der Waals surface area contributed by atoms with Crippen LogP contribution in [0.2, 0.25) is 0 Å². The van der Waals surface area contributed by atoms with Gasteiger partial charge in [-0.05, 0) is 0 Å². The van der Waals surface area contributed by atoms with E-state index in [0.29, 0.717) is 0 Å². The van der Waals surface area contributed by atoms with E-state index in [0.717, 1.165) is 0 Å². The van der Waals surface area contributed by atoms with Gasteiger partial charge >= 0.3 is 0 Å². The Kier molecular flexibility index (Phi) is 0.635. The van der Waals surface area contributed by atoms with Crippen molar-refractivity contribution in [1.29, 1.82) is 0 Å². The maximum absolute atomic E-state index is 5.08. The fourth-order valence-electron chi connectivity index (χ4n) is 0.238. The normalized spacial score (nSPS) is 8.83. The Morgan fingerprint density at radius 1 is 1.83 bits per heavy atom. The van der Waals surface area contributed by atoms with E-state index in [1.165, 1.54) is 4.59 Å². The number of aromatic nitrogens is 3. The summed E-state index contributed by atoms with van der Waals surface area (Å²) < 4.78 is 1.26. The van der Waals surface area contributed by atoms with Crippen LogP contribution in [0.4, 0.5) is 0 Å². The van der Waals surface area contributed by atoms with Crippen molar-refractivity contribution in [3.8, 4) is 0 Å². The lowest BCUT2D eigenvalue weighted by atomic mass is 10.5. The summed E-state index contributed by atoms with van der Waals surface area (Å²) in [5.41, 5.74) is 0. The maximum Gasteiger partial charge on any atom is 0.200 e. The van der Waals surface area contributed by atoms with Gasteiger partial charge in [-0.1, -0.05) is 0 Å². The van der Waals surface area contributed by atoms with Crippen LogP contribution in [0.15, 0.2) is 12.4 Å². The maximum atomic E-state index is 5.08. The molecule has 4 heteroatoms. The van der Waals surface area contributed by atoms with E-state index in [-0.39, 0.29) is 0 Å². The van der Waals surface area contributed by atoms with E-state index in [1.54, 1.807) is 12.4 Å². The van der Waals surface area contributed by atoms with Gasteiger partial charge in [-0.15, -0.1) is 5.21 Å². The number of nitrogens with one attached hydrogen (secondary N) is 1. The third-order valence-corrected chi connectivity index (χ3v) is 0.475. The molecule has 1 heterocycles. The van der Waals surface area contributed by atoms with E-state index >= 15 is 0 Å². The topological polar surface area (TPSA) is 32.6 Å². The van der Waals surface area contributed by atoms with Crippen LogP contribution in [0.25, 0.3) is 0 Å². The number of nitrogens with zero attached hydrogens (tertiary/aromatic N) is 2. The molecule has 1 N–H and O–H groups in total. The average Bonchev–Trinajstić information content (AvgIpc) is 1.86. The number of aromatic amines is 1. The summed E-state index contributed by atoms with van der Waals surface area (Å²) >= 11 is 0. The van der Waals surface area contributed by atoms with Crippen molar-refractivity contribution in [2.45, 2.75) is 0 Å². The first-order chi connectivity index (χ1) is 2.89. The summed E-state index contributed by atoms with van der Waals surface area (Å²) in [5.74, 6) is 0. The van der Waals surface area contributed by atoms with Gasteiger partial charge in [0.25, 0.3) is 0 Å². The fraction of sp³-hybridized carbons (Fsp3) is 0. The Bertz CT molecular complexity index is 112. The summed E-state index contributed by atoms with van der Waals surface area (Å²) in [6.07, 6.45) is 3.18. The number of H-pyrrole nitrogens is 1. The molecule has 0 bridgehead atoms. The Labute approximate surface area is 36.4 Å². The average molecular weight is 79.9 g/mol. The van der Waals surface area contributed by atoms with Crippen LogP contribution in [-0.2, 0) is 0 Å². The molecule has 3 radical (unpaired) electrons. The van der Waals surface area contributed by atoms with Gasteiger partial charge < -0.3 is 4.59 Å². The van der Waals surface area contributed by atoms with Crippen LogP contribution in [0.3, 0.4) is 0 Å². The van der Waals surface area contributed by atoms with Crippen molar-refractivity contribution in [3.63, 3.8) is 0 Å². The summed E-state index contributed by atoms with van der Waals surface area (Å²) in [4.78, 5) is 0. The molecule has 1 aromatic rings. The van der Waals surface area contributed by atoms with E-state index in [1.807, 2.05) is 0 Å². The van der Waals surface area contributed by atoms with Crippen molar-refractivity contribution in [2.24, 2.45) is 0 Å². The molecule has 0 amide bonds. The first-order valence-electron chi connectivity index (χ1n) is 1.56. The first-order valence-corrected chi connectivity index (χ1v) is 1.56. The molecule has 0 aliphatic rings. The third kappa shape index (κ3) is 0.405. The molecule has 0 saturated heterocycles. The van der Waals surface area contributed by atoms with Crippen molar-refractivity contribution in [1.82, 2.24) is 10.3 Å². The van der Waals surface area contributed by atoms with Crippen molar-refractivity contribution >= 4 is 7.98 Å². The van der Waals surface area contributed by atoms with E-state index in [4.69, 9.17) is 7.98 Å². The molecule has 3 nitrogen and oxygen atoms in total. The van der Waals surface area contributed by atoms with Gasteiger partial charge in [-0.2, -0.15) is 0 Å². The molecular weight excluding hydrogens is 76.9 g/mol. The van der Waals surface area contributed by atoms with Crippen LogP contribution < -0.4 is 4.59 Å². The molecule has 1 aromatic heterocycles. The molecule has 0 fully saturated rings. The SMILES string of the molecule is [B-][n+]1ccn[nH]1. The molecule has 0 saturated carbocycles. The van der Waals surface area contributed by atoms with Crippen LogP contribution in [0, 0.1) is 0 Å². The van der Waals surface area contributed by atoms with E-state index in [2.05, 4.69) is 10.3 Å². The molecule has 6 heavy (non-hydrogen) atoms. The fourth-order valence-corrected chi connectivity index (χ4v) is 0.238. The van der Waals surface area contributed by atoms with Gasteiger partial charge in [-0.25, -0.2) is 7.98 Å². The van der Waals surface area contributed by atoms with Crippen molar-refractivity contribution in [2.75, 3.05) is 0 Å². The quantitative estimate of drug-likeness (QED) is 0.383. The van der Waals surface area contributed by atoms with Crippen molar-refractivity contribution < 1.29 is 4.59 Å². The number of hydrogen-bond donors (Lipinski definition) is 1. The Balaban J connectivity index is 3.05. The first kappa shape index (κ1) is 3.40. The zero-order valence-electron chi connectivity index (χ0n) is 3.13. The minimum absolute atomic E-state index is 1.26. The predicted octanol–water partition coefficient (Wildman–Crippen LogP) is -1.37. The monoisotopic (exact) mass is 80.0 g/mol. The Morgan fingerprint density at radius 2 is 2.67 bits per heavy atom. The highest BCUT2D eigenvalue weighted by atomic mass is 15.4. The highest BCUT2D eigenvalue weighted by molar-refractivity contribution is 5.94. The smallest absolute Gasteiger partial charge is 0.200 e. The van der Waals surface area contributed by atoms with Crippen LogP contribution >= 0.6 is 0 Å². The second-order valence-electron chi connectivity index (χ2n) is 0.935. The Morgan fingerprint density at radius 3 is 2.83 bits per heavy atom. The largest absolute Gasteiger partial charge is 0.464 e. The minimum Gasteiger partial charge on any atom is -0.464 e. The molecule has 29 valence electrons. The zero-order valence-corrected chi connectivity index (χ0v) is 3.13. The van der Waals surface area contributed by atoms with Crippen LogP contribution in [-0.4, -0.2) is 18.3 Å². The van der Waals surface area contributed by atoms with E-state index < -0.39 is 0 Å². The standard InChI is InChI=1S/C2H3BN3/c3-6-2-1-4-5-6/h1-2H,(H,4,5). The molecule has 1 rings (SSSR count). The summed E-state index contributed by atoms with van der Waals surface area (Å²) in [6, 6.07) is 0. The van der Waals surface area contributed by atoms with Gasteiger partial charge in [0.05, 0.1) is 6.20 Å². The molecule has 0 aliphatic heterocycles. The van der Waals surface area contributed by atoms with Gasteiger partial charge in [0.2, 0.25) is 6.20 Å². The number of rotatable bonds is 0. The van der Waals surface area contributed by atoms with Gasteiger partial charge in [0.1, 0.15) is 0 Å². The number of hydrogen-bond acceptors (Lipinski definition) is 1. The lowest BCUT2D eigenvalue weighted by Gasteiger charge is -1.89. The molecule has 0 aliphatic carbocycles. The summed E-state index contributed by atoms with van der Waals surface area (Å²) in [7, 11) is 5.08. The van der Waals surface area contributed by atoms with Gasteiger partial charge in [-0.3, -0.25) is 0 Å². The van der Waals surface area contributed by atoms with E-state index in [9.17, 15) is 0 Å².